The highest BCUT2D eigenvalue weighted by Gasteiger charge is 2.21. The quantitative estimate of drug-likeness (QED) is 0.484. The summed E-state index contributed by atoms with van der Waals surface area (Å²) in [5.41, 5.74) is 1.37. The molecule has 1 aromatic carbocycles. The number of nitrogens with zero attached hydrogens (tertiary/aromatic N) is 5. The Labute approximate surface area is 176 Å². The van der Waals surface area contributed by atoms with Crippen LogP contribution in [0.15, 0.2) is 43.2 Å². The Kier molecular flexibility index (Phi) is 5.45. The second-order valence-electron chi connectivity index (χ2n) is 7.38. The average molecular weight is 424 g/mol. The highest BCUT2D eigenvalue weighted by Crippen LogP contribution is 2.21. The molecule has 0 saturated carbocycles. The zero-order valence-corrected chi connectivity index (χ0v) is 17.7. The highest BCUT2D eigenvalue weighted by atomic mass is 16.5. The van der Waals surface area contributed by atoms with Crippen LogP contribution < -0.4 is 17.0 Å². The van der Waals surface area contributed by atoms with Gasteiger partial charge in [-0.25, -0.2) is 19.1 Å². The van der Waals surface area contributed by atoms with E-state index in [9.17, 15) is 14.4 Å². The van der Waals surface area contributed by atoms with Crippen molar-refractivity contribution in [2.75, 3.05) is 0 Å². The first-order valence-corrected chi connectivity index (χ1v) is 10.3. The molecular formula is C21H24N6O4. The van der Waals surface area contributed by atoms with Gasteiger partial charge < -0.3 is 4.57 Å². The summed E-state index contributed by atoms with van der Waals surface area (Å²) in [4.78, 5) is 44.4. The molecule has 3 aromatic heterocycles. The number of aromatic nitrogens is 6. The number of aromatic amines is 1. The number of unbranched alkanes of at least 4 members (excludes halogenated alkanes) is 1. The molecule has 162 valence electrons. The molecule has 0 aliphatic heterocycles. The topological polar surface area (TPSA) is 121 Å². The first kappa shape index (κ1) is 20.6. The van der Waals surface area contributed by atoms with E-state index in [2.05, 4.69) is 15.1 Å². The molecule has 0 fully saturated rings. The van der Waals surface area contributed by atoms with E-state index >= 15 is 0 Å². The van der Waals surface area contributed by atoms with Gasteiger partial charge >= 0.3 is 11.4 Å². The molecule has 0 bridgehead atoms. The van der Waals surface area contributed by atoms with Crippen molar-refractivity contribution >= 4 is 11.2 Å². The third-order valence-corrected chi connectivity index (χ3v) is 5.39. The number of aryl methyl sites for hydroxylation is 3. The predicted molar refractivity (Wildman–Crippen MR) is 115 cm³/mol. The Morgan fingerprint density at radius 2 is 1.84 bits per heavy atom. The molecule has 4 rings (SSSR count). The second-order valence-corrected chi connectivity index (χ2v) is 7.38. The fourth-order valence-electron chi connectivity index (χ4n) is 3.77. The molecule has 3 heterocycles. The van der Waals surface area contributed by atoms with Gasteiger partial charge in [0.15, 0.2) is 17.0 Å². The summed E-state index contributed by atoms with van der Waals surface area (Å²) in [5, 5.41) is 3.96. The van der Waals surface area contributed by atoms with E-state index in [-0.39, 0.29) is 6.54 Å². The lowest BCUT2D eigenvalue weighted by Crippen LogP contribution is -2.31. The van der Waals surface area contributed by atoms with Crippen molar-refractivity contribution in [2.45, 2.75) is 53.2 Å². The van der Waals surface area contributed by atoms with Crippen LogP contribution in [0, 0.1) is 6.92 Å². The minimum Gasteiger partial charge on any atom is -0.321 e. The summed E-state index contributed by atoms with van der Waals surface area (Å²) in [6, 6.07) is 7.55. The van der Waals surface area contributed by atoms with Crippen molar-refractivity contribution in [3.8, 4) is 11.4 Å². The first-order chi connectivity index (χ1) is 15.0. The largest absolute Gasteiger partial charge is 0.442 e. The van der Waals surface area contributed by atoms with Crippen LogP contribution in [0.5, 0.6) is 0 Å². The van der Waals surface area contributed by atoms with Crippen molar-refractivity contribution in [2.24, 2.45) is 0 Å². The summed E-state index contributed by atoms with van der Waals surface area (Å²) in [5.74, 6) is 0.235. The maximum Gasteiger partial charge on any atom is 0.442 e. The van der Waals surface area contributed by atoms with Crippen molar-refractivity contribution in [3.63, 3.8) is 0 Å². The van der Waals surface area contributed by atoms with Crippen molar-refractivity contribution in [1.82, 2.24) is 28.8 Å². The summed E-state index contributed by atoms with van der Waals surface area (Å²) < 4.78 is 9.53. The van der Waals surface area contributed by atoms with E-state index < -0.39 is 17.0 Å². The van der Waals surface area contributed by atoms with Crippen molar-refractivity contribution in [1.29, 1.82) is 0 Å². The Bertz CT molecular complexity index is 1420. The smallest absolute Gasteiger partial charge is 0.321 e. The van der Waals surface area contributed by atoms with Crippen LogP contribution >= 0.6 is 0 Å². The van der Waals surface area contributed by atoms with Gasteiger partial charge in [0, 0.05) is 18.7 Å². The van der Waals surface area contributed by atoms with Crippen LogP contribution in [-0.4, -0.2) is 28.8 Å². The Hall–Kier alpha value is -3.69. The number of fused-ring (bicyclic) bond motifs is 1. The summed E-state index contributed by atoms with van der Waals surface area (Å²) in [7, 11) is 0. The van der Waals surface area contributed by atoms with E-state index in [1.807, 2.05) is 45.0 Å². The van der Waals surface area contributed by atoms with Crippen LogP contribution in [0.25, 0.3) is 22.6 Å². The molecule has 0 radical (unpaired) electrons. The van der Waals surface area contributed by atoms with Crippen molar-refractivity contribution < 1.29 is 4.52 Å². The molecule has 0 spiro atoms. The normalized spacial score (nSPS) is 11.5. The third-order valence-electron chi connectivity index (χ3n) is 5.39. The van der Waals surface area contributed by atoms with Crippen LogP contribution in [0.3, 0.4) is 0 Å². The molecule has 10 heteroatoms. The molecule has 0 unspecified atom stereocenters. The number of hydrogen-bond donors (Lipinski definition) is 1. The number of nitrogens with one attached hydrogen (secondary N) is 1. The van der Waals surface area contributed by atoms with Gasteiger partial charge in [-0.05, 0) is 25.8 Å². The molecule has 1 N–H and O–H groups in total. The van der Waals surface area contributed by atoms with E-state index in [1.165, 1.54) is 9.13 Å². The average Bonchev–Trinajstić information content (AvgIpc) is 3.29. The van der Waals surface area contributed by atoms with Crippen LogP contribution in [-0.2, 0) is 19.6 Å². The van der Waals surface area contributed by atoms with Crippen molar-refractivity contribution in [3.05, 3.63) is 67.0 Å². The lowest BCUT2D eigenvalue weighted by molar-refractivity contribution is 0.377. The number of H-pyrrole nitrogens is 1. The minimum absolute atomic E-state index is 0.0515. The highest BCUT2D eigenvalue weighted by molar-refractivity contribution is 5.71. The molecule has 0 atom stereocenters. The Morgan fingerprint density at radius 3 is 2.55 bits per heavy atom. The summed E-state index contributed by atoms with van der Waals surface area (Å²) >= 11 is 0. The predicted octanol–water partition coefficient (Wildman–Crippen LogP) is 1.88. The zero-order valence-electron chi connectivity index (χ0n) is 17.7. The number of hydrogen-bond acceptors (Lipinski definition) is 6. The SMILES string of the molecule is CCCCn1c(=O)[nH]c(=O)c2c1nc(Cn1c(-c3ccccc3C)noc1=O)n2CC. The van der Waals surface area contributed by atoms with E-state index in [0.717, 1.165) is 24.0 Å². The third kappa shape index (κ3) is 3.54. The molecule has 0 aliphatic carbocycles. The van der Waals surface area contributed by atoms with Gasteiger partial charge in [-0.15, -0.1) is 0 Å². The summed E-state index contributed by atoms with van der Waals surface area (Å²) in [6.45, 7) is 6.77. The molecule has 4 aromatic rings. The monoisotopic (exact) mass is 424 g/mol. The van der Waals surface area contributed by atoms with E-state index in [0.29, 0.717) is 35.9 Å². The number of benzene rings is 1. The first-order valence-electron chi connectivity index (χ1n) is 10.3. The molecule has 0 saturated heterocycles. The van der Waals surface area contributed by atoms with Gasteiger partial charge in [-0.3, -0.25) is 18.9 Å². The van der Waals surface area contributed by atoms with Crippen LogP contribution in [0.2, 0.25) is 0 Å². The van der Waals surface area contributed by atoms with E-state index in [1.54, 1.807) is 4.57 Å². The Morgan fingerprint density at radius 1 is 1.06 bits per heavy atom. The van der Waals surface area contributed by atoms with Gasteiger partial charge in [-0.1, -0.05) is 42.8 Å². The maximum absolute atomic E-state index is 12.6. The molecule has 0 aliphatic rings. The zero-order chi connectivity index (χ0) is 22.1. The standard InChI is InChI=1S/C21H24N6O4/c1-4-6-11-26-18-16(19(28)23-20(26)29)25(5-2)15(22-18)12-27-17(24-31-21(27)30)14-10-8-7-9-13(14)3/h7-10H,4-6,11-12H2,1-3H3,(H,23,28,29). The second kappa shape index (κ2) is 8.21. The van der Waals surface area contributed by atoms with Gasteiger partial charge in [0.1, 0.15) is 5.82 Å². The lowest BCUT2D eigenvalue weighted by Gasteiger charge is -2.08. The molecule has 31 heavy (non-hydrogen) atoms. The van der Waals surface area contributed by atoms with Crippen LogP contribution in [0.4, 0.5) is 0 Å². The fraction of sp³-hybridized carbons (Fsp3) is 0.381. The van der Waals surface area contributed by atoms with Gasteiger partial charge in [0.25, 0.3) is 5.56 Å². The summed E-state index contributed by atoms with van der Waals surface area (Å²) in [6.07, 6.45) is 1.67. The van der Waals surface area contributed by atoms with Gasteiger partial charge in [0.2, 0.25) is 0 Å². The maximum atomic E-state index is 12.6. The lowest BCUT2D eigenvalue weighted by atomic mass is 10.1. The molecule has 10 nitrogen and oxygen atoms in total. The Balaban J connectivity index is 1.90. The fourth-order valence-corrected chi connectivity index (χ4v) is 3.77. The number of imidazole rings is 1. The molecular weight excluding hydrogens is 400 g/mol. The van der Waals surface area contributed by atoms with Gasteiger partial charge in [-0.2, -0.15) is 0 Å². The molecule has 0 amide bonds. The minimum atomic E-state index is -0.620. The van der Waals surface area contributed by atoms with Gasteiger partial charge in [0.05, 0.1) is 6.54 Å². The van der Waals surface area contributed by atoms with E-state index in [4.69, 9.17) is 4.52 Å². The van der Waals surface area contributed by atoms with Crippen LogP contribution in [0.1, 0.15) is 38.1 Å². The number of rotatable bonds is 7.